The van der Waals surface area contributed by atoms with Crippen molar-refractivity contribution < 1.29 is 4.74 Å². The van der Waals surface area contributed by atoms with Crippen LogP contribution in [0, 0.1) is 0 Å². The predicted octanol–water partition coefficient (Wildman–Crippen LogP) is 3.47. The molecule has 0 aliphatic carbocycles. The summed E-state index contributed by atoms with van der Waals surface area (Å²) in [6, 6.07) is 8.64. The summed E-state index contributed by atoms with van der Waals surface area (Å²) in [6.45, 7) is 5.08. The second-order valence-corrected chi connectivity index (χ2v) is 3.68. The zero-order valence-electron chi connectivity index (χ0n) is 9.16. The van der Waals surface area contributed by atoms with Gasteiger partial charge in [0.2, 0.25) is 0 Å². The lowest BCUT2D eigenvalue weighted by Gasteiger charge is -2.04. The molecule has 0 unspecified atom stereocenters. The normalized spacial score (nSPS) is 11.4. The highest BCUT2D eigenvalue weighted by molar-refractivity contribution is 5.49. The van der Waals surface area contributed by atoms with Crippen molar-refractivity contribution in [3.63, 3.8) is 0 Å². The molecule has 0 heterocycles. The van der Waals surface area contributed by atoms with Gasteiger partial charge in [-0.25, -0.2) is 0 Å². The zero-order chi connectivity index (χ0) is 10.4. The molecule has 0 radical (unpaired) electrons. The Bertz CT molecular complexity index is 283. The summed E-state index contributed by atoms with van der Waals surface area (Å²) < 4.78 is 4.94. The van der Waals surface area contributed by atoms with Crippen molar-refractivity contribution >= 4 is 6.08 Å². The molecule has 0 spiro atoms. The maximum Gasteiger partial charge on any atom is 0.0646 e. The van der Waals surface area contributed by atoms with Crippen molar-refractivity contribution in [1.82, 2.24) is 0 Å². The van der Waals surface area contributed by atoms with Crippen LogP contribution in [0.4, 0.5) is 0 Å². The molecule has 1 heteroatoms. The Morgan fingerprint density at radius 3 is 2.36 bits per heavy atom. The van der Waals surface area contributed by atoms with Crippen LogP contribution in [0.3, 0.4) is 0 Å². The highest BCUT2D eigenvalue weighted by Gasteiger charge is 1.96. The van der Waals surface area contributed by atoms with Crippen molar-refractivity contribution in [3.8, 4) is 0 Å². The van der Waals surface area contributed by atoms with E-state index in [9.17, 15) is 0 Å². The minimum atomic E-state index is 0.604. The third-order valence-electron chi connectivity index (χ3n) is 2.18. The highest BCUT2D eigenvalue weighted by Crippen LogP contribution is 2.15. The van der Waals surface area contributed by atoms with E-state index in [0.717, 1.165) is 0 Å². The van der Waals surface area contributed by atoms with Crippen LogP contribution in [0.25, 0.3) is 6.08 Å². The lowest BCUT2D eigenvalue weighted by molar-refractivity contribution is 0.234. The Morgan fingerprint density at radius 2 is 1.86 bits per heavy atom. The van der Waals surface area contributed by atoms with Gasteiger partial charge in [0.25, 0.3) is 0 Å². The lowest BCUT2D eigenvalue weighted by Crippen LogP contribution is -1.86. The first-order chi connectivity index (χ1) is 6.74. The molecule has 0 N–H and O–H groups in total. The number of hydrogen-bond acceptors (Lipinski definition) is 1. The quantitative estimate of drug-likeness (QED) is 0.706. The zero-order valence-corrected chi connectivity index (χ0v) is 9.16. The first-order valence-electron chi connectivity index (χ1n) is 4.99. The van der Waals surface area contributed by atoms with Crippen molar-refractivity contribution in [2.45, 2.75) is 19.8 Å². The first-order valence-corrected chi connectivity index (χ1v) is 4.99. The first kappa shape index (κ1) is 11.0. The summed E-state index contributed by atoms with van der Waals surface area (Å²) in [6.07, 6.45) is 4.10. The average Bonchev–Trinajstić information content (AvgIpc) is 2.19. The monoisotopic (exact) mass is 190 g/mol. The second kappa shape index (κ2) is 5.61. The van der Waals surface area contributed by atoms with E-state index < -0.39 is 0 Å². The molecule has 0 aliphatic rings. The SMILES string of the molecule is COCC=Cc1ccc(C(C)C)cc1. The van der Waals surface area contributed by atoms with Gasteiger partial charge in [-0.05, 0) is 17.0 Å². The van der Waals surface area contributed by atoms with Crippen LogP contribution >= 0.6 is 0 Å². The van der Waals surface area contributed by atoms with Crippen LogP contribution in [0.15, 0.2) is 30.3 Å². The van der Waals surface area contributed by atoms with Crippen molar-refractivity contribution in [2.24, 2.45) is 0 Å². The number of hydrogen-bond donors (Lipinski definition) is 0. The maximum atomic E-state index is 4.94. The van der Waals surface area contributed by atoms with Crippen LogP contribution in [0.1, 0.15) is 30.9 Å². The molecule has 0 saturated carbocycles. The molecule has 1 aromatic rings. The van der Waals surface area contributed by atoms with Crippen molar-refractivity contribution in [3.05, 3.63) is 41.5 Å². The van der Waals surface area contributed by atoms with Crippen molar-refractivity contribution in [2.75, 3.05) is 13.7 Å². The van der Waals surface area contributed by atoms with E-state index in [2.05, 4.69) is 44.2 Å². The molecule has 14 heavy (non-hydrogen) atoms. The fourth-order valence-electron chi connectivity index (χ4n) is 1.27. The van der Waals surface area contributed by atoms with Gasteiger partial charge in [0.05, 0.1) is 6.61 Å². The van der Waals surface area contributed by atoms with E-state index >= 15 is 0 Å². The van der Waals surface area contributed by atoms with Gasteiger partial charge in [0.15, 0.2) is 0 Å². The van der Waals surface area contributed by atoms with Gasteiger partial charge in [-0.1, -0.05) is 50.3 Å². The average molecular weight is 190 g/mol. The molecule has 0 fully saturated rings. The molecule has 0 atom stereocenters. The summed E-state index contributed by atoms with van der Waals surface area (Å²) in [7, 11) is 1.70. The topological polar surface area (TPSA) is 9.23 Å². The molecular weight excluding hydrogens is 172 g/mol. The van der Waals surface area contributed by atoms with Gasteiger partial charge < -0.3 is 4.74 Å². The van der Waals surface area contributed by atoms with Gasteiger partial charge in [0.1, 0.15) is 0 Å². The van der Waals surface area contributed by atoms with Gasteiger partial charge >= 0.3 is 0 Å². The molecule has 0 aliphatic heterocycles. The number of rotatable bonds is 4. The second-order valence-electron chi connectivity index (χ2n) is 3.68. The Morgan fingerprint density at radius 1 is 1.21 bits per heavy atom. The Hall–Kier alpha value is -1.08. The lowest BCUT2D eigenvalue weighted by atomic mass is 10.0. The Balaban J connectivity index is 2.64. The Labute approximate surface area is 86.4 Å². The molecule has 1 aromatic carbocycles. The minimum absolute atomic E-state index is 0.604. The van der Waals surface area contributed by atoms with Crippen LogP contribution in [0.5, 0.6) is 0 Å². The van der Waals surface area contributed by atoms with Crippen LogP contribution in [-0.4, -0.2) is 13.7 Å². The van der Waals surface area contributed by atoms with Crippen LogP contribution in [-0.2, 0) is 4.74 Å². The number of ether oxygens (including phenoxy) is 1. The minimum Gasteiger partial charge on any atom is -0.381 e. The molecule has 76 valence electrons. The van der Waals surface area contributed by atoms with E-state index in [4.69, 9.17) is 4.74 Å². The van der Waals surface area contributed by atoms with Crippen LogP contribution < -0.4 is 0 Å². The van der Waals surface area contributed by atoms with E-state index in [1.807, 2.05) is 6.08 Å². The summed E-state index contributed by atoms with van der Waals surface area (Å²) in [5.41, 5.74) is 2.61. The Kier molecular flexibility index (Phi) is 4.41. The number of benzene rings is 1. The molecule has 0 aromatic heterocycles. The molecule has 0 bridgehead atoms. The van der Waals surface area contributed by atoms with Gasteiger partial charge in [0, 0.05) is 7.11 Å². The molecule has 0 saturated heterocycles. The fourth-order valence-corrected chi connectivity index (χ4v) is 1.27. The molecule has 0 amide bonds. The predicted molar refractivity (Wildman–Crippen MR) is 61.4 cm³/mol. The largest absolute Gasteiger partial charge is 0.381 e. The fraction of sp³-hybridized carbons (Fsp3) is 0.385. The molecule has 1 rings (SSSR count). The van der Waals surface area contributed by atoms with Crippen molar-refractivity contribution in [1.29, 1.82) is 0 Å². The van der Waals surface area contributed by atoms with E-state index in [1.165, 1.54) is 11.1 Å². The smallest absolute Gasteiger partial charge is 0.0646 e. The summed E-state index contributed by atoms with van der Waals surface area (Å²) in [4.78, 5) is 0. The maximum absolute atomic E-state index is 4.94. The standard InChI is InChI=1S/C13H18O/c1-11(2)13-8-6-12(7-9-13)5-4-10-14-3/h4-9,11H,10H2,1-3H3. The molecule has 1 nitrogen and oxygen atoms in total. The summed E-state index contributed by atoms with van der Waals surface area (Å²) in [5.74, 6) is 0.604. The van der Waals surface area contributed by atoms with E-state index in [0.29, 0.717) is 12.5 Å². The third-order valence-corrected chi connectivity index (χ3v) is 2.18. The van der Waals surface area contributed by atoms with E-state index in [1.54, 1.807) is 7.11 Å². The van der Waals surface area contributed by atoms with E-state index in [-0.39, 0.29) is 0 Å². The summed E-state index contributed by atoms with van der Waals surface area (Å²) >= 11 is 0. The molecular formula is C13H18O. The van der Waals surface area contributed by atoms with Gasteiger partial charge in [-0.2, -0.15) is 0 Å². The third kappa shape index (κ3) is 3.35. The van der Waals surface area contributed by atoms with Gasteiger partial charge in [-0.15, -0.1) is 0 Å². The number of methoxy groups -OCH3 is 1. The highest BCUT2D eigenvalue weighted by atomic mass is 16.5. The summed E-state index contributed by atoms with van der Waals surface area (Å²) in [5, 5.41) is 0. The van der Waals surface area contributed by atoms with Gasteiger partial charge in [-0.3, -0.25) is 0 Å². The van der Waals surface area contributed by atoms with Crippen LogP contribution in [0.2, 0.25) is 0 Å².